The third-order valence-electron chi connectivity index (χ3n) is 3.91. The number of nitrogens with one attached hydrogen (secondary N) is 1. The van der Waals surface area contributed by atoms with Crippen LogP contribution in [0.3, 0.4) is 0 Å². The molecule has 0 aliphatic rings. The van der Waals surface area contributed by atoms with Crippen LogP contribution in [-0.4, -0.2) is 37.3 Å². The summed E-state index contributed by atoms with van der Waals surface area (Å²) < 4.78 is 40.4. The van der Waals surface area contributed by atoms with Crippen LogP contribution in [0.25, 0.3) is 11.3 Å². The number of hydrogen-bond acceptors (Lipinski definition) is 6. The zero-order chi connectivity index (χ0) is 19.8. The normalized spacial score (nSPS) is 10.8. The van der Waals surface area contributed by atoms with Crippen molar-refractivity contribution in [2.75, 3.05) is 26.1 Å². The summed E-state index contributed by atoms with van der Waals surface area (Å²) in [7, 11) is 3.19. The highest BCUT2D eigenvalue weighted by molar-refractivity contribution is 5.72. The van der Waals surface area contributed by atoms with Crippen molar-refractivity contribution in [3.8, 4) is 28.6 Å². The Morgan fingerprint density at radius 1 is 1.19 bits per heavy atom. The van der Waals surface area contributed by atoms with Crippen molar-refractivity contribution < 1.29 is 23.0 Å². The third-order valence-corrected chi connectivity index (χ3v) is 3.91. The fourth-order valence-corrected chi connectivity index (χ4v) is 2.58. The molecule has 27 heavy (non-hydrogen) atoms. The molecule has 6 nitrogen and oxygen atoms in total. The number of anilines is 1. The Hall–Kier alpha value is -2.64. The Morgan fingerprint density at radius 3 is 2.59 bits per heavy atom. The van der Waals surface area contributed by atoms with E-state index in [1.165, 1.54) is 19.2 Å². The first kappa shape index (κ1) is 20.7. The van der Waals surface area contributed by atoms with E-state index in [0.717, 1.165) is 19.3 Å². The lowest BCUT2D eigenvalue weighted by Crippen LogP contribution is -2.07. The highest BCUT2D eigenvalue weighted by atomic mass is 19.3. The average Bonchev–Trinajstić information content (AvgIpc) is 2.65. The molecule has 0 aliphatic carbocycles. The SMILES string of the molecule is CCCCCOc1nc(C)c(-c2ccc(OC(F)F)cc2OC)nc1NC. The van der Waals surface area contributed by atoms with Crippen LogP contribution in [0.5, 0.6) is 17.4 Å². The van der Waals surface area contributed by atoms with Crippen molar-refractivity contribution in [2.45, 2.75) is 39.7 Å². The quantitative estimate of drug-likeness (QED) is 0.603. The number of rotatable bonds is 10. The van der Waals surface area contributed by atoms with E-state index in [1.807, 2.05) is 6.92 Å². The minimum Gasteiger partial charge on any atom is -0.496 e. The highest BCUT2D eigenvalue weighted by Gasteiger charge is 2.17. The van der Waals surface area contributed by atoms with Gasteiger partial charge < -0.3 is 19.5 Å². The molecule has 1 aromatic heterocycles. The lowest BCUT2D eigenvalue weighted by Gasteiger charge is -2.15. The number of benzene rings is 1. The Kier molecular flexibility index (Phi) is 7.57. The topological polar surface area (TPSA) is 65.5 Å². The molecule has 0 saturated heterocycles. The second-order valence-electron chi connectivity index (χ2n) is 5.86. The summed E-state index contributed by atoms with van der Waals surface area (Å²) in [6.45, 7) is 1.60. The molecule has 2 aromatic rings. The number of ether oxygens (including phenoxy) is 3. The summed E-state index contributed by atoms with van der Waals surface area (Å²) in [6, 6.07) is 4.46. The number of nitrogens with zero attached hydrogens (tertiary/aromatic N) is 2. The van der Waals surface area contributed by atoms with Crippen LogP contribution in [0.2, 0.25) is 0 Å². The van der Waals surface area contributed by atoms with E-state index in [9.17, 15) is 8.78 Å². The van der Waals surface area contributed by atoms with Gasteiger partial charge in [-0.05, 0) is 25.5 Å². The van der Waals surface area contributed by atoms with E-state index in [2.05, 4.69) is 26.9 Å². The molecule has 0 unspecified atom stereocenters. The summed E-state index contributed by atoms with van der Waals surface area (Å²) in [6.07, 6.45) is 3.14. The summed E-state index contributed by atoms with van der Waals surface area (Å²) in [5.41, 5.74) is 1.83. The maximum absolute atomic E-state index is 12.4. The molecule has 8 heteroatoms. The Balaban J connectivity index is 2.35. The van der Waals surface area contributed by atoms with Gasteiger partial charge in [-0.25, -0.2) is 9.97 Å². The lowest BCUT2D eigenvalue weighted by atomic mass is 10.1. The maximum Gasteiger partial charge on any atom is 0.387 e. The maximum atomic E-state index is 12.4. The molecular formula is C19H25F2N3O3. The van der Waals surface area contributed by atoms with Crippen LogP contribution >= 0.6 is 0 Å². The molecule has 2 rings (SSSR count). The first-order valence-corrected chi connectivity index (χ1v) is 8.82. The number of methoxy groups -OCH3 is 1. The van der Waals surface area contributed by atoms with Gasteiger partial charge in [-0.15, -0.1) is 0 Å². The van der Waals surface area contributed by atoms with Crippen molar-refractivity contribution in [1.82, 2.24) is 9.97 Å². The van der Waals surface area contributed by atoms with Crippen molar-refractivity contribution in [2.24, 2.45) is 0 Å². The van der Waals surface area contributed by atoms with Gasteiger partial charge in [0.15, 0.2) is 5.82 Å². The van der Waals surface area contributed by atoms with Gasteiger partial charge in [0.2, 0.25) is 0 Å². The number of hydrogen-bond donors (Lipinski definition) is 1. The van der Waals surface area contributed by atoms with Crippen LogP contribution in [0.4, 0.5) is 14.6 Å². The Labute approximate surface area is 157 Å². The van der Waals surface area contributed by atoms with E-state index in [4.69, 9.17) is 9.47 Å². The standard InChI is InChI=1S/C19H25F2N3O3/c1-5-6-7-10-26-18-17(22-3)24-16(12(2)23-18)14-9-8-13(27-19(20)21)11-15(14)25-4/h8-9,11,19H,5-7,10H2,1-4H3,(H,22,24). The number of alkyl halides is 2. The van der Waals surface area contributed by atoms with Crippen LogP contribution in [-0.2, 0) is 0 Å². The zero-order valence-electron chi connectivity index (χ0n) is 16.0. The summed E-state index contributed by atoms with van der Waals surface area (Å²) in [5, 5.41) is 2.99. The predicted molar refractivity (Wildman–Crippen MR) is 100.0 cm³/mol. The molecule has 0 fully saturated rings. The first-order valence-electron chi connectivity index (χ1n) is 8.82. The second kappa shape index (κ2) is 9.89. The molecule has 1 aromatic carbocycles. The monoisotopic (exact) mass is 381 g/mol. The van der Waals surface area contributed by atoms with Crippen LogP contribution in [0.15, 0.2) is 18.2 Å². The first-order chi connectivity index (χ1) is 13.0. The number of halogens is 2. The molecule has 1 heterocycles. The fourth-order valence-electron chi connectivity index (χ4n) is 2.58. The Bertz CT molecular complexity index is 757. The number of aromatic nitrogens is 2. The molecular weight excluding hydrogens is 356 g/mol. The van der Waals surface area contributed by atoms with Gasteiger partial charge in [-0.1, -0.05) is 19.8 Å². The molecule has 148 valence electrons. The molecule has 0 aliphatic heterocycles. The van der Waals surface area contributed by atoms with E-state index in [1.54, 1.807) is 13.1 Å². The van der Waals surface area contributed by atoms with Crippen molar-refractivity contribution in [1.29, 1.82) is 0 Å². The van der Waals surface area contributed by atoms with Crippen LogP contribution < -0.4 is 19.5 Å². The molecule has 0 saturated carbocycles. The minimum atomic E-state index is -2.90. The lowest BCUT2D eigenvalue weighted by molar-refractivity contribution is -0.0499. The van der Waals surface area contributed by atoms with E-state index >= 15 is 0 Å². The van der Waals surface area contributed by atoms with Gasteiger partial charge in [-0.3, -0.25) is 0 Å². The average molecular weight is 381 g/mol. The van der Waals surface area contributed by atoms with Gasteiger partial charge in [-0.2, -0.15) is 8.78 Å². The third kappa shape index (κ3) is 5.42. The fraction of sp³-hybridized carbons (Fsp3) is 0.474. The van der Waals surface area contributed by atoms with E-state index in [-0.39, 0.29) is 5.75 Å². The van der Waals surface area contributed by atoms with Gasteiger partial charge in [0.05, 0.1) is 25.1 Å². The number of unbranched alkanes of at least 4 members (excludes halogenated alkanes) is 2. The molecule has 0 radical (unpaired) electrons. The second-order valence-corrected chi connectivity index (χ2v) is 5.86. The van der Waals surface area contributed by atoms with Gasteiger partial charge in [0.1, 0.15) is 11.5 Å². The van der Waals surface area contributed by atoms with E-state index < -0.39 is 6.61 Å². The van der Waals surface area contributed by atoms with Crippen LogP contribution in [0, 0.1) is 6.92 Å². The van der Waals surface area contributed by atoms with Crippen molar-refractivity contribution in [3.05, 3.63) is 23.9 Å². The highest BCUT2D eigenvalue weighted by Crippen LogP contribution is 2.36. The molecule has 0 atom stereocenters. The van der Waals surface area contributed by atoms with Gasteiger partial charge in [0, 0.05) is 18.7 Å². The molecule has 0 spiro atoms. The predicted octanol–water partition coefficient (Wildman–Crippen LogP) is 4.67. The summed E-state index contributed by atoms with van der Waals surface area (Å²) in [4.78, 5) is 9.10. The van der Waals surface area contributed by atoms with E-state index in [0.29, 0.717) is 41.0 Å². The largest absolute Gasteiger partial charge is 0.496 e. The smallest absolute Gasteiger partial charge is 0.387 e. The Morgan fingerprint density at radius 2 is 1.96 bits per heavy atom. The minimum absolute atomic E-state index is 0.0147. The van der Waals surface area contributed by atoms with Crippen LogP contribution in [0.1, 0.15) is 31.9 Å². The van der Waals surface area contributed by atoms with Crippen molar-refractivity contribution >= 4 is 5.82 Å². The number of aryl methyl sites for hydroxylation is 1. The van der Waals surface area contributed by atoms with Gasteiger partial charge in [0.25, 0.3) is 5.88 Å². The van der Waals surface area contributed by atoms with Gasteiger partial charge >= 0.3 is 6.61 Å². The molecule has 0 amide bonds. The zero-order valence-corrected chi connectivity index (χ0v) is 16.0. The molecule has 1 N–H and O–H groups in total. The summed E-state index contributed by atoms with van der Waals surface area (Å²) >= 11 is 0. The van der Waals surface area contributed by atoms with Crippen molar-refractivity contribution in [3.63, 3.8) is 0 Å². The molecule has 0 bridgehead atoms. The summed E-state index contributed by atoms with van der Waals surface area (Å²) in [5.74, 6) is 1.32.